The molecule has 0 saturated heterocycles. The number of carbonyl (C=O) groups excluding carboxylic acids is 2. The van der Waals surface area contributed by atoms with Gasteiger partial charge in [0.25, 0.3) is 0 Å². The van der Waals surface area contributed by atoms with Crippen molar-refractivity contribution in [1.29, 1.82) is 0 Å². The first-order chi connectivity index (χ1) is 7.72. The summed E-state index contributed by atoms with van der Waals surface area (Å²) in [5.74, 6) is 0.0244. The molecule has 0 aromatic carbocycles. The monoisotopic (exact) mass is 227 g/mol. The third-order valence-corrected chi connectivity index (χ3v) is 2.40. The van der Waals surface area contributed by atoms with Crippen molar-refractivity contribution in [2.24, 2.45) is 0 Å². The van der Waals surface area contributed by atoms with E-state index in [1.165, 1.54) is 0 Å². The number of hydrogen-bond acceptors (Lipinski definition) is 2. The van der Waals surface area contributed by atoms with Crippen molar-refractivity contribution >= 4 is 11.9 Å². The van der Waals surface area contributed by atoms with E-state index in [4.69, 9.17) is 0 Å². The molecule has 5 nitrogen and oxygen atoms in total. The van der Waals surface area contributed by atoms with Crippen LogP contribution < -0.4 is 16.0 Å². The van der Waals surface area contributed by atoms with Gasteiger partial charge in [0.05, 0.1) is 0 Å². The molecule has 5 heteroatoms. The van der Waals surface area contributed by atoms with Crippen molar-refractivity contribution in [2.45, 2.75) is 45.1 Å². The molecule has 3 N–H and O–H groups in total. The summed E-state index contributed by atoms with van der Waals surface area (Å²) in [6.07, 6.45) is 4.59. The SMILES string of the molecule is CCCCNC(=O)NCCC(=O)NC1CC1. The second-order valence-electron chi connectivity index (χ2n) is 4.13. The third-order valence-electron chi connectivity index (χ3n) is 2.40. The average molecular weight is 227 g/mol. The van der Waals surface area contributed by atoms with Crippen LogP contribution in [-0.4, -0.2) is 31.1 Å². The van der Waals surface area contributed by atoms with Crippen molar-refractivity contribution in [3.8, 4) is 0 Å². The number of unbranched alkanes of at least 4 members (excludes halogenated alkanes) is 1. The fraction of sp³-hybridized carbons (Fsp3) is 0.818. The number of hydrogen-bond donors (Lipinski definition) is 3. The summed E-state index contributed by atoms with van der Waals surface area (Å²) in [6.45, 7) is 3.16. The summed E-state index contributed by atoms with van der Waals surface area (Å²) in [5, 5.41) is 8.25. The van der Waals surface area contributed by atoms with E-state index in [1.807, 2.05) is 0 Å². The van der Waals surface area contributed by atoms with Crippen LogP contribution in [0.15, 0.2) is 0 Å². The summed E-state index contributed by atoms with van der Waals surface area (Å²) in [5.41, 5.74) is 0. The highest BCUT2D eigenvalue weighted by atomic mass is 16.2. The molecule has 1 fully saturated rings. The van der Waals surface area contributed by atoms with Crippen LogP contribution >= 0.6 is 0 Å². The highest BCUT2D eigenvalue weighted by Gasteiger charge is 2.22. The molecule has 0 bridgehead atoms. The zero-order valence-electron chi connectivity index (χ0n) is 9.84. The van der Waals surface area contributed by atoms with Crippen molar-refractivity contribution in [3.05, 3.63) is 0 Å². The molecule has 0 radical (unpaired) electrons. The molecule has 0 atom stereocenters. The lowest BCUT2D eigenvalue weighted by Crippen LogP contribution is -2.38. The summed E-state index contributed by atoms with van der Waals surface area (Å²) in [7, 11) is 0. The van der Waals surface area contributed by atoms with E-state index in [0.717, 1.165) is 25.7 Å². The quantitative estimate of drug-likeness (QED) is 0.562. The fourth-order valence-electron chi connectivity index (χ4n) is 1.26. The van der Waals surface area contributed by atoms with Crippen LogP contribution in [0.3, 0.4) is 0 Å². The smallest absolute Gasteiger partial charge is 0.314 e. The van der Waals surface area contributed by atoms with Gasteiger partial charge in [0.15, 0.2) is 0 Å². The molecule has 0 aliphatic heterocycles. The molecule has 0 aromatic rings. The predicted octanol–water partition coefficient (Wildman–Crippen LogP) is 0.754. The van der Waals surface area contributed by atoms with Crippen LogP contribution in [-0.2, 0) is 4.79 Å². The van der Waals surface area contributed by atoms with Gasteiger partial charge in [0.1, 0.15) is 0 Å². The van der Waals surface area contributed by atoms with Crippen LogP contribution in [0.4, 0.5) is 4.79 Å². The van der Waals surface area contributed by atoms with Crippen molar-refractivity contribution in [3.63, 3.8) is 0 Å². The maximum absolute atomic E-state index is 11.3. The third kappa shape index (κ3) is 6.27. The van der Waals surface area contributed by atoms with Crippen molar-refractivity contribution in [1.82, 2.24) is 16.0 Å². The molecule has 0 aromatic heterocycles. The Hall–Kier alpha value is -1.26. The van der Waals surface area contributed by atoms with E-state index in [0.29, 0.717) is 25.6 Å². The van der Waals surface area contributed by atoms with Gasteiger partial charge in [-0.3, -0.25) is 4.79 Å². The predicted molar refractivity (Wildman–Crippen MR) is 62.1 cm³/mol. The van der Waals surface area contributed by atoms with Crippen LogP contribution in [0.1, 0.15) is 39.0 Å². The lowest BCUT2D eigenvalue weighted by molar-refractivity contribution is -0.121. The Bertz CT molecular complexity index is 239. The van der Waals surface area contributed by atoms with Crippen molar-refractivity contribution < 1.29 is 9.59 Å². The van der Waals surface area contributed by atoms with E-state index in [9.17, 15) is 9.59 Å². The molecule has 0 unspecified atom stereocenters. The minimum Gasteiger partial charge on any atom is -0.353 e. The van der Waals surface area contributed by atoms with Gasteiger partial charge in [0, 0.05) is 25.6 Å². The molecule has 92 valence electrons. The first-order valence-corrected chi connectivity index (χ1v) is 6.03. The number of rotatable bonds is 7. The molecule has 16 heavy (non-hydrogen) atoms. The topological polar surface area (TPSA) is 70.2 Å². The zero-order valence-corrected chi connectivity index (χ0v) is 9.84. The van der Waals surface area contributed by atoms with Gasteiger partial charge in [-0.2, -0.15) is 0 Å². The first-order valence-electron chi connectivity index (χ1n) is 6.03. The Morgan fingerprint density at radius 3 is 2.50 bits per heavy atom. The van der Waals surface area contributed by atoms with Crippen molar-refractivity contribution in [2.75, 3.05) is 13.1 Å². The Morgan fingerprint density at radius 1 is 1.19 bits per heavy atom. The average Bonchev–Trinajstić information content (AvgIpc) is 3.02. The maximum atomic E-state index is 11.3. The van der Waals surface area contributed by atoms with Crippen LogP contribution in [0.2, 0.25) is 0 Å². The Labute approximate surface area is 96.4 Å². The number of carbonyl (C=O) groups is 2. The number of urea groups is 1. The van der Waals surface area contributed by atoms with E-state index in [1.54, 1.807) is 0 Å². The van der Waals surface area contributed by atoms with Crippen LogP contribution in [0.5, 0.6) is 0 Å². The second-order valence-corrected chi connectivity index (χ2v) is 4.13. The minimum absolute atomic E-state index is 0.0244. The molecule has 1 aliphatic carbocycles. The molecule has 0 heterocycles. The zero-order chi connectivity index (χ0) is 11.8. The normalized spacial score (nSPS) is 14.3. The van der Waals surface area contributed by atoms with E-state index < -0.39 is 0 Å². The molecule has 3 amide bonds. The number of nitrogens with one attached hydrogen (secondary N) is 3. The lowest BCUT2D eigenvalue weighted by Gasteiger charge is -2.07. The molecule has 1 saturated carbocycles. The van der Waals surface area contributed by atoms with E-state index in [-0.39, 0.29) is 11.9 Å². The van der Waals surface area contributed by atoms with Crippen LogP contribution in [0.25, 0.3) is 0 Å². The van der Waals surface area contributed by atoms with Crippen LogP contribution in [0, 0.1) is 0 Å². The Morgan fingerprint density at radius 2 is 1.88 bits per heavy atom. The summed E-state index contributed by atoms with van der Waals surface area (Å²) in [6, 6.07) is 0.207. The second kappa shape index (κ2) is 7.09. The van der Waals surface area contributed by atoms with Gasteiger partial charge >= 0.3 is 6.03 Å². The van der Waals surface area contributed by atoms with Gasteiger partial charge in [-0.1, -0.05) is 13.3 Å². The summed E-state index contributed by atoms with van der Waals surface area (Å²) >= 11 is 0. The molecular weight excluding hydrogens is 206 g/mol. The van der Waals surface area contributed by atoms with E-state index >= 15 is 0 Å². The summed E-state index contributed by atoms with van der Waals surface area (Å²) < 4.78 is 0. The Balaban J connectivity index is 1.92. The van der Waals surface area contributed by atoms with Gasteiger partial charge < -0.3 is 16.0 Å². The first kappa shape index (κ1) is 12.8. The largest absolute Gasteiger partial charge is 0.353 e. The molecule has 1 aliphatic rings. The fourth-order valence-corrected chi connectivity index (χ4v) is 1.26. The highest BCUT2D eigenvalue weighted by molar-refractivity contribution is 5.78. The Kier molecular flexibility index (Phi) is 5.67. The lowest BCUT2D eigenvalue weighted by atomic mass is 10.3. The summed E-state index contributed by atoms with van der Waals surface area (Å²) in [4.78, 5) is 22.4. The maximum Gasteiger partial charge on any atom is 0.314 e. The molecule has 0 spiro atoms. The standard InChI is InChI=1S/C11H21N3O2/c1-2-3-7-12-11(16)13-8-6-10(15)14-9-4-5-9/h9H,2-8H2,1H3,(H,14,15)(H2,12,13,16). The van der Waals surface area contributed by atoms with Gasteiger partial charge in [-0.05, 0) is 19.3 Å². The van der Waals surface area contributed by atoms with Gasteiger partial charge in [0.2, 0.25) is 5.91 Å². The minimum atomic E-state index is -0.187. The number of amides is 3. The molecule has 1 rings (SSSR count). The highest BCUT2D eigenvalue weighted by Crippen LogP contribution is 2.18. The van der Waals surface area contributed by atoms with Gasteiger partial charge in [-0.25, -0.2) is 4.79 Å². The van der Waals surface area contributed by atoms with Gasteiger partial charge in [-0.15, -0.1) is 0 Å². The van der Waals surface area contributed by atoms with E-state index in [2.05, 4.69) is 22.9 Å². The molecular formula is C11H21N3O2.